The molecule has 6 aromatic rings. The Hall–Kier alpha value is -4.36. The van der Waals surface area contributed by atoms with Crippen LogP contribution in [0.4, 0.5) is 0 Å². The average Bonchev–Trinajstić information content (AvgIpc) is 2.89. The Morgan fingerprint density at radius 3 is 1.54 bits per heavy atom. The number of hydrogen-bond acceptors (Lipinski definition) is 1. The van der Waals surface area contributed by atoms with E-state index in [1.807, 2.05) is 0 Å². The van der Waals surface area contributed by atoms with E-state index in [0.29, 0.717) is 5.75 Å². The van der Waals surface area contributed by atoms with Crippen LogP contribution in [0.3, 0.4) is 0 Å². The Balaban J connectivity index is 1.74. The zero-order valence-electron chi connectivity index (χ0n) is 21.8. The summed E-state index contributed by atoms with van der Waals surface area (Å²) in [6, 6.07) is 36.8. The maximum absolute atomic E-state index is 12.0. The van der Waals surface area contributed by atoms with Crippen LogP contribution in [0.1, 0.15) is 22.3 Å². The first-order chi connectivity index (χ1) is 17.9. The van der Waals surface area contributed by atoms with Crippen LogP contribution in [0.25, 0.3) is 54.9 Å². The Bertz CT molecular complexity index is 1790. The average molecular weight is 479 g/mol. The molecule has 6 aromatic carbocycles. The van der Waals surface area contributed by atoms with Gasteiger partial charge in [-0.05, 0) is 89.7 Å². The highest BCUT2D eigenvalue weighted by molar-refractivity contribution is 6.11. The predicted molar refractivity (Wildman–Crippen MR) is 158 cm³/mol. The van der Waals surface area contributed by atoms with E-state index in [9.17, 15) is 5.11 Å². The van der Waals surface area contributed by atoms with Gasteiger partial charge in [0.2, 0.25) is 0 Å². The second kappa shape index (κ2) is 8.94. The Morgan fingerprint density at radius 2 is 0.919 bits per heavy atom. The van der Waals surface area contributed by atoms with Crippen molar-refractivity contribution >= 4 is 21.5 Å². The largest absolute Gasteiger partial charge is 0.507 e. The van der Waals surface area contributed by atoms with E-state index in [0.717, 1.165) is 44.0 Å². The number of phenolic OH excluding ortho intramolecular Hbond substituents is 1. The van der Waals surface area contributed by atoms with Gasteiger partial charge in [0, 0.05) is 11.1 Å². The molecule has 6 rings (SSSR count). The molecule has 0 saturated carbocycles. The molecule has 0 unspecified atom stereocenters. The van der Waals surface area contributed by atoms with Crippen molar-refractivity contribution in [3.63, 3.8) is 0 Å². The van der Waals surface area contributed by atoms with Crippen LogP contribution in [0, 0.1) is 27.7 Å². The highest BCUT2D eigenvalue weighted by Gasteiger charge is 2.19. The fourth-order valence-corrected chi connectivity index (χ4v) is 5.32. The molecule has 0 radical (unpaired) electrons. The number of aryl methyl sites for hydroxylation is 4. The molecule has 37 heavy (non-hydrogen) atoms. The maximum Gasteiger partial charge on any atom is 0.131 e. The van der Waals surface area contributed by atoms with E-state index >= 15 is 0 Å². The van der Waals surface area contributed by atoms with Crippen molar-refractivity contribution in [2.45, 2.75) is 27.7 Å². The van der Waals surface area contributed by atoms with Gasteiger partial charge < -0.3 is 5.11 Å². The van der Waals surface area contributed by atoms with Crippen molar-refractivity contribution in [3.05, 3.63) is 125 Å². The third kappa shape index (κ3) is 4.17. The Kier molecular flexibility index (Phi) is 5.57. The van der Waals surface area contributed by atoms with Crippen LogP contribution in [-0.2, 0) is 0 Å². The summed E-state index contributed by atoms with van der Waals surface area (Å²) in [7, 11) is 0. The minimum absolute atomic E-state index is 0.325. The number of rotatable bonds is 3. The number of aromatic hydroxyl groups is 1. The molecule has 1 N–H and O–H groups in total. The van der Waals surface area contributed by atoms with Gasteiger partial charge in [-0.15, -0.1) is 0 Å². The van der Waals surface area contributed by atoms with Gasteiger partial charge in [0.05, 0.1) is 0 Å². The minimum Gasteiger partial charge on any atom is -0.507 e. The topological polar surface area (TPSA) is 20.2 Å². The molecule has 0 aromatic heterocycles. The summed E-state index contributed by atoms with van der Waals surface area (Å²) >= 11 is 0. The summed E-state index contributed by atoms with van der Waals surface area (Å²) in [5.74, 6) is 0.325. The molecular weight excluding hydrogens is 448 g/mol. The maximum atomic E-state index is 12.0. The zero-order chi connectivity index (χ0) is 25.7. The Labute approximate surface area is 218 Å². The second-order valence-corrected chi connectivity index (χ2v) is 10.4. The van der Waals surface area contributed by atoms with Gasteiger partial charge in [0.25, 0.3) is 0 Å². The minimum atomic E-state index is 0.325. The van der Waals surface area contributed by atoms with Crippen LogP contribution in [-0.4, -0.2) is 5.11 Å². The summed E-state index contributed by atoms with van der Waals surface area (Å²) in [5, 5.41) is 16.5. The van der Waals surface area contributed by atoms with Crippen LogP contribution < -0.4 is 0 Å². The van der Waals surface area contributed by atoms with E-state index in [4.69, 9.17) is 0 Å². The van der Waals surface area contributed by atoms with E-state index in [1.165, 1.54) is 33.2 Å². The van der Waals surface area contributed by atoms with E-state index in [2.05, 4.69) is 131 Å². The molecule has 0 fully saturated rings. The lowest BCUT2D eigenvalue weighted by atomic mass is 9.86. The van der Waals surface area contributed by atoms with Crippen molar-refractivity contribution in [2.24, 2.45) is 0 Å². The molecule has 0 aliphatic carbocycles. The summed E-state index contributed by atoms with van der Waals surface area (Å²) in [4.78, 5) is 0. The molecule has 180 valence electrons. The van der Waals surface area contributed by atoms with Gasteiger partial charge >= 0.3 is 0 Å². The van der Waals surface area contributed by atoms with Gasteiger partial charge in [0.15, 0.2) is 0 Å². The lowest BCUT2D eigenvalue weighted by Crippen LogP contribution is -1.92. The van der Waals surface area contributed by atoms with Crippen molar-refractivity contribution in [1.82, 2.24) is 0 Å². The smallest absolute Gasteiger partial charge is 0.131 e. The highest BCUT2D eigenvalue weighted by atomic mass is 16.3. The van der Waals surface area contributed by atoms with Crippen LogP contribution in [0.15, 0.2) is 103 Å². The SMILES string of the molecule is Cc1ccc(-c2cc(-c3c(O)c(-c4ccc(C)cc4)cc4ccc(C)cc34)c3cc(C)ccc3c2)cc1. The molecule has 1 heteroatoms. The van der Waals surface area contributed by atoms with Crippen molar-refractivity contribution < 1.29 is 5.11 Å². The molecule has 0 bridgehead atoms. The van der Waals surface area contributed by atoms with Gasteiger partial charge in [-0.3, -0.25) is 0 Å². The van der Waals surface area contributed by atoms with E-state index in [1.54, 1.807) is 0 Å². The molecule has 0 atom stereocenters. The first-order valence-electron chi connectivity index (χ1n) is 12.8. The molecule has 0 amide bonds. The third-order valence-electron chi connectivity index (χ3n) is 7.40. The number of benzene rings is 6. The molecule has 0 saturated heterocycles. The lowest BCUT2D eigenvalue weighted by molar-refractivity contribution is 0.480. The zero-order valence-corrected chi connectivity index (χ0v) is 21.8. The second-order valence-electron chi connectivity index (χ2n) is 10.4. The molecule has 0 heterocycles. The van der Waals surface area contributed by atoms with Crippen LogP contribution in [0.5, 0.6) is 5.75 Å². The number of hydrogen-bond donors (Lipinski definition) is 1. The van der Waals surface area contributed by atoms with Crippen LogP contribution >= 0.6 is 0 Å². The molecule has 0 aliphatic rings. The van der Waals surface area contributed by atoms with Crippen LogP contribution in [0.2, 0.25) is 0 Å². The molecule has 0 aliphatic heterocycles. The van der Waals surface area contributed by atoms with E-state index in [-0.39, 0.29) is 0 Å². The first-order valence-corrected chi connectivity index (χ1v) is 12.8. The summed E-state index contributed by atoms with van der Waals surface area (Å²) in [6.45, 7) is 8.44. The normalized spacial score (nSPS) is 11.4. The molecule has 0 spiro atoms. The lowest BCUT2D eigenvalue weighted by Gasteiger charge is -2.18. The van der Waals surface area contributed by atoms with Crippen molar-refractivity contribution in [1.29, 1.82) is 0 Å². The quantitative estimate of drug-likeness (QED) is 0.268. The Morgan fingerprint density at radius 1 is 0.405 bits per heavy atom. The van der Waals surface area contributed by atoms with Gasteiger partial charge in [-0.1, -0.05) is 107 Å². The van der Waals surface area contributed by atoms with Gasteiger partial charge in [0.1, 0.15) is 5.75 Å². The molecule has 1 nitrogen and oxygen atoms in total. The summed E-state index contributed by atoms with van der Waals surface area (Å²) in [5.41, 5.74) is 10.9. The third-order valence-corrected chi connectivity index (χ3v) is 7.40. The number of phenols is 1. The standard InChI is InChI=1S/C36H30O/c1-22-5-11-26(12-6-22)30-19-28-15-9-24(3)17-31(28)34(21-30)35-32-18-25(4)10-16-29(32)20-33(36(35)37)27-13-7-23(2)8-14-27/h5-21,37H,1-4H3. The monoisotopic (exact) mass is 478 g/mol. The van der Waals surface area contributed by atoms with Crippen molar-refractivity contribution in [3.8, 4) is 39.1 Å². The fraction of sp³-hybridized carbons (Fsp3) is 0.111. The predicted octanol–water partition coefficient (Wildman–Crippen LogP) is 9.93. The van der Waals surface area contributed by atoms with Gasteiger partial charge in [-0.25, -0.2) is 0 Å². The molecular formula is C36H30O. The summed E-state index contributed by atoms with van der Waals surface area (Å²) in [6.07, 6.45) is 0. The number of fused-ring (bicyclic) bond motifs is 2. The first kappa shape index (κ1) is 23.1. The highest BCUT2D eigenvalue weighted by Crippen LogP contribution is 2.47. The fourth-order valence-electron chi connectivity index (χ4n) is 5.32. The van der Waals surface area contributed by atoms with Gasteiger partial charge in [-0.2, -0.15) is 0 Å². The van der Waals surface area contributed by atoms with Crippen molar-refractivity contribution in [2.75, 3.05) is 0 Å². The van der Waals surface area contributed by atoms with E-state index < -0.39 is 0 Å². The summed E-state index contributed by atoms with van der Waals surface area (Å²) < 4.78 is 0.